The van der Waals surface area contributed by atoms with Crippen molar-refractivity contribution >= 4 is 33.3 Å². The van der Waals surface area contributed by atoms with Crippen LogP contribution in [0, 0.1) is 0 Å². The Morgan fingerprint density at radius 2 is 1.95 bits per heavy atom. The molecule has 100 valence electrons. The SMILES string of the molecule is CN1C(=O)Cc2cc(C(=O)c3ccccc3Br)ccc21. The fourth-order valence-electron chi connectivity index (χ4n) is 2.41. The lowest BCUT2D eigenvalue weighted by Gasteiger charge is -2.10. The fourth-order valence-corrected chi connectivity index (χ4v) is 2.88. The molecule has 20 heavy (non-hydrogen) atoms. The monoisotopic (exact) mass is 329 g/mol. The van der Waals surface area contributed by atoms with Crippen molar-refractivity contribution in [1.29, 1.82) is 0 Å². The molecule has 0 saturated heterocycles. The molecule has 0 spiro atoms. The van der Waals surface area contributed by atoms with Gasteiger partial charge in [-0.05, 0) is 35.9 Å². The molecule has 0 aromatic heterocycles. The van der Waals surface area contributed by atoms with Crippen LogP contribution in [0.2, 0.25) is 0 Å². The first kappa shape index (κ1) is 13.1. The Bertz CT molecular complexity index is 724. The third-order valence-corrected chi connectivity index (χ3v) is 4.23. The van der Waals surface area contributed by atoms with Crippen LogP contribution < -0.4 is 4.90 Å². The van der Waals surface area contributed by atoms with Gasteiger partial charge in [0, 0.05) is 28.3 Å². The second-order valence-corrected chi connectivity index (χ2v) is 5.64. The molecule has 0 aliphatic carbocycles. The summed E-state index contributed by atoms with van der Waals surface area (Å²) < 4.78 is 0.777. The van der Waals surface area contributed by atoms with E-state index in [9.17, 15) is 9.59 Å². The first-order chi connectivity index (χ1) is 9.58. The van der Waals surface area contributed by atoms with Crippen molar-refractivity contribution in [1.82, 2.24) is 0 Å². The summed E-state index contributed by atoms with van der Waals surface area (Å²) in [4.78, 5) is 25.8. The average molecular weight is 330 g/mol. The van der Waals surface area contributed by atoms with Crippen molar-refractivity contribution < 1.29 is 9.59 Å². The van der Waals surface area contributed by atoms with Crippen molar-refractivity contribution in [2.45, 2.75) is 6.42 Å². The van der Waals surface area contributed by atoms with Gasteiger partial charge in [0.25, 0.3) is 0 Å². The summed E-state index contributed by atoms with van der Waals surface area (Å²) in [5.41, 5.74) is 3.04. The van der Waals surface area contributed by atoms with Crippen LogP contribution in [-0.4, -0.2) is 18.7 Å². The van der Waals surface area contributed by atoms with Gasteiger partial charge in [0.15, 0.2) is 5.78 Å². The van der Waals surface area contributed by atoms with Crippen LogP contribution in [0.1, 0.15) is 21.5 Å². The minimum absolute atomic E-state index is 0.0396. The molecule has 0 saturated carbocycles. The number of hydrogen-bond donors (Lipinski definition) is 0. The number of benzene rings is 2. The van der Waals surface area contributed by atoms with Crippen LogP contribution in [0.4, 0.5) is 5.69 Å². The number of amides is 1. The minimum Gasteiger partial charge on any atom is -0.315 e. The molecule has 1 amide bonds. The van der Waals surface area contributed by atoms with Crippen LogP contribution in [0.3, 0.4) is 0 Å². The number of ketones is 1. The number of rotatable bonds is 2. The molecule has 3 rings (SSSR count). The highest BCUT2D eigenvalue weighted by molar-refractivity contribution is 9.10. The summed E-state index contributed by atoms with van der Waals surface area (Å²) in [5, 5.41) is 0. The van der Waals surface area contributed by atoms with Crippen molar-refractivity contribution in [3.8, 4) is 0 Å². The Kier molecular flexibility index (Phi) is 3.18. The van der Waals surface area contributed by atoms with E-state index in [0.717, 1.165) is 15.7 Å². The second-order valence-electron chi connectivity index (χ2n) is 4.78. The molecule has 0 radical (unpaired) electrons. The molecule has 0 N–H and O–H groups in total. The van der Waals surface area contributed by atoms with E-state index in [1.807, 2.05) is 30.3 Å². The maximum atomic E-state index is 12.5. The smallest absolute Gasteiger partial charge is 0.231 e. The molecule has 0 fully saturated rings. The highest BCUT2D eigenvalue weighted by atomic mass is 79.9. The van der Waals surface area contributed by atoms with Gasteiger partial charge < -0.3 is 4.90 Å². The van der Waals surface area contributed by atoms with E-state index in [4.69, 9.17) is 0 Å². The molecule has 4 heteroatoms. The number of likely N-dealkylation sites (N-methyl/N-ethyl adjacent to an activating group) is 1. The molecule has 0 bridgehead atoms. The number of carbonyl (C=O) groups is 2. The summed E-state index contributed by atoms with van der Waals surface area (Å²) in [6, 6.07) is 12.8. The van der Waals surface area contributed by atoms with Crippen LogP contribution >= 0.6 is 15.9 Å². The normalized spacial score (nSPS) is 13.5. The van der Waals surface area contributed by atoms with E-state index < -0.39 is 0 Å². The summed E-state index contributed by atoms with van der Waals surface area (Å²) in [5.74, 6) is 0.0211. The summed E-state index contributed by atoms with van der Waals surface area (Å²) >= 11 is 3.39. The van der Waals surface area contributed by atoms with Crippen molar-refractivity contribution in [2.75, 3.05) is 11.9 Å². The molecule has 1 aliphatic heterocycles. The first-order valence-corrected chi connectivity index (χ1v) is 7.06. The fraction of sp³-hybridized carbons (Fsp3) is 0.125. The Morgan fingerprint density at radius 1 is 1.20 bits per heavy atom. The Morgan fingerprint density at radius 3 is 2.70 bits per heavy atom. The third kappa shape index (κ3) is 2.06. The van der Waals surface area contributed by atoms with Gasteiger partial charge in [-0.15, -0.1) is 0 Å². The number of halogens is 1. The van der Waals surface area contributed by atoms with Gasteiger partial charge in [-0.2, -0.15) is 0 Å². The Hall–Kier alpha value is -1.94. The average Bonchev–Trinajstić information content (AvgIpc) is 2.73. The van der Waals surface area contributed by atoms with Crippen LogP contribution in [-0.2, 0) is 11.2 Å². The van der Waals surface area contributed by atoms with E-state index in [1.165, 1.54) is 0 Å². The number of hydrogen-bond acceptors (Lipinski definition) is 2. The van der Waals surface area contributed by atoms with Gasteiger partial charge in [-0.3, -0.25) is 9.59 Å². The number of carbonyl (C=O) groups excluding carboxylic acids is 2. The molecular formula is C16H12BrNO2. The van der Waals surface area contributed by atoms with Crippen LogP contribution in [0.15, 0.2) is 46.9 Å². The quantitative estimate of drug-likeness (QED) is 0.793. The van der Waals surface area contributed by atoms with Crippen molar-refractivity contribution in [3.05, 3.63) is 63.6 Å². The highest BCUT2D eigenvalue weighted by Crippen LogP contribution is 2.29. The van der Waals surface area contributed by atoms with E-state index in [1.54, 1.807) is 24.1 Å². The molecule has 1 heterocycles. The lowest BCUT2D eigenvalue weighted by molar-refractivity contribution is -0.117. The maximum Gasteiger partial charge on any atom is 0.231 e. The van der Waals surface area contributed by atoms with E-state index in [2.05, 4.69) is 15.9 Å². The predicted molar refractivity (Wildman–Crippen MR) is 81.1 cm³/mol. The number of nitrogens with zero attached hydrogens (tertiary/aromatic N) is 1. The zero-order chi connectivity index (χ0) is 14.3. The Balaban J connectivity index is 2.01. The summed E-state index contributed by atoms with van der Waals surface area (Å²) in [7, 11) is 1.75. The first-order valence-electron chi connectivity index (χ1n) is 6.26. The van der Waals surface area contributed by atoms with E-state index in [0.29, 0.717) is 17.5 Å². The van der Waals surface area contributed by atoms with Gasteiger partial charge in [0.05, 0.1) is 6.42 Å². The summed E-state index contributed by atoms with van der Waals surface area (Å²) in [6.45, 7) is 0. The van der Waals surface area contributed by atoms with Crippen molar-refractivity contribution in [2.24, 2.45) is 0 Å². The molecule has 0 unspecified atom stereocenters. The molecule has 2 aromatic carbocycles. The van der Waals surface area contributed by atoms with Gasteiger partial charge in [-0.25, -0.2) is 0 Å². The van der Waals surface area contributed by atoms with Gasteiger partial charge in [0.1, 0.15) is 0 Å². The van der Waals surface area contributed by atoms with Crippen LogP contribution in [0.5, 0.6) is 0 Å². The zero-order valence-corrected chi connectivity index (χ0v) is 12.5. The molecule has 0 atom stereocenters. The van der Waals surface area contributed by atoms with Gasteiger partial charge >= 0.3 is 0 Å². The largest absolute Gasteiger partial charge is 0.315 e. The molecular weight excluding hydrogens is 318 g/mol. The lowest BCUT2D eigenvalue weighted by Crippen LogP contribution is -2.20. The standard InChI is InChI=1S/C16H12BrNO2/c1-18-14-7-6-10(8-11(14)9-15(18)19)16(20)12-4-2-3-5-13(12)17/h2-8H,9H2,1H3. The molecule has 3 nitrogen and oxygen atoms in total. The van der Waals surface area contributed by atoms with Gasteiger partial charge in [0.2, 0.25) is 5.91 Å². The predicted octanol–water partition coefficient (Wildman–Crippen LogP) is 3.20. The van der Waals surface area contributed by atoms with E-state index in [-0.39, 0.29) is 11.7 Å². The topological polar surface area (TPSA) is 37.4 Å². The molecule has 2 aromatic rings. The van der Waals surface area contributed by atoms with Gasteiger partial charge in [-0.1, -0.05) is 28.1 Å². The minimum atomic E-state index is -0.0396. The molecule has 1 aliphatic rings. The third-order valence-electron chi connectivity index (χ3n) is 3.54. The van der Waals surface area contributed by atoms with Crippen molar-refractivity contribution in [3.63, 3.8) is 0 Å². The van der Waals surface area contributed by atoms with E-state index >= 15 is 0 Å². The number of anilines is 1. The lowest BCUT2D eigenvalue weighted by atomic mass is 10.0. The highest BCUT2D eigenvalue weighted by Gasteiger charge is 2.25. The zero-order valence-electron chi connectivity index (χ0n) is 10.9. The maximum absolute atomic E-state index is 12.5. The number of fused-ring (bicyclic) bond motifs is 1. The second kappa shape index (κ2) is 4.87. The van der Waals surface area contributed by atoms with Crippen LogP contribution in [0.25, 0.3) is 0 Å². The summed E-state index contributed by atoms with van der Waals surface area (Å²) in [6.07, 6.45) is 0.364. The Labute approximate surface area is 125 Å².